The summed E-state index contributed by atoms with van der Waals surface area (Å²) >= 11 is 1.50. The van der Waals surface area contributed by atoms with Crippen LogP contribution in [0.3, 0.4) is 0 Å². The number of methoxy groups -OCH3 is 2. The molecule has 3 rings (SSSR count). The molecule has 0 saturated carbocycles. The lowest BCUT2D eigenvalue weighted by molar-refractivity contribution is -0.111. The Balaban J connectivity index is 1.82. The average Bonchev–Trinajstić information content (AvgIpc) is 3.08. The fourth-order valence-corrected chi connectivity index (χ4v) is 4.99. The largest absolute Gasteiger partial charge is 0.493 e. The third kappa shape index (κ3) is 5.67. The lowest BCUT2D eigenvalue weighted by Crippen LogP contribution is -2.13. The molecule has 0 fully saturated rings. The van der Waals surface area contributed by atoms with Gasteiger partial charge in [0.05, 0.1) is 26.4 Å². The van der Waals surface area contributed by atoms with Gasteiger partial charge >= 0.3 is 5.97 Å². The third-order valence-corrected chi connectivity index (χ3v) is 6.43. The van der Waals surface area contributed by atoms with E-state index >= 15 is 0 Å². The first-order valence-corrected chi connectivity index (χ1v) is 11.4. The van der Waals surface area contributed by atoms with Gasteiger partial charge in [0.2, 0.25) is 5.91 Å². The zero-order valence-electron chi connectivity index (χ0n) is 18.3. The molecule has 0 aliphatic heterocycles. The first-order valence-electron chi connectivity index (χ1n) is 10.6. The second kappa shape index (κ2) is 11.0. The Morgan fingerprint density at radius 1 is 1.06 bits per heavy atom. The molecule has 1 heterocycles. The SMILES string of the molecule is CCOC(=O)c1c(NC(=O)C=Cc2ccc(OC)c(OC)c2)sc2c1CCCCCC2. The second-order valence-corrected chi connectivity index (χ2v) is 8.38. The monoisotopic (exact) mass is 443 g/mol. The summed E-state index contributed by atoms with van der Waals surface area (Å²) in [5.41, 5.74) is 2.37. The molecular weight excluding hydrogens is 414 g/mol. The van der Waals surface area contributed by atoms with Crippen molar-refractivity contribution in [2.24, 2.45) is 0 Å². The van der Waals surface area contributed by atoms with E-state index in [4.69, 9.17) is 14.2 Å². The van der Waals surface area contributed by atoms with Crippen molar-refractivity contribution in [3.8, 4) is 11.5 Å². The van der Waals surface area contributed by atoms with Gasteiger partial charge in [0, 0.05) is 11.0 Å². The molecule has 6 nitrogen and oxygen atoms in total. The lowest BCUT2D eigenvalue weighted by Gasteiger charge is -2.11. The van der Waals surface area contributed by atoms with Gasteiger partial charge in [0.1, 0.15) is 5.00 Å². The molecule has 1 aromatic carbocycles. The molecule has 0 spiro atoms. The quantitative estimate of drug-likeness (QED) is 0.467. The molecule has 7 heteroatoms. The van der Waals surface area contributed by atoms with Crippen LogP contribution in [0.15, 0.2) is 24.3 Å². The van der Waals surface area contributed by atoms with Crippen molar-refractivity contribution in [3.63, 3.8) is 0 Å². The summed E-state index contributed by atoms with van der Waals surface area (Å²) in [4.78, 5) is 26.5. The summed E-state index contributed by atoms with van der Waals surface area (Å²) in [6.07, 6.45) is 9.43. The minimum Gasteiger partial charge on any atom is -0.493 e. The van der Waals surface area contributed by atoms with Gasteiger partial charge in [-0.25, -0.2) is 4.79 Å². The van der Waals surface area contributed by atoms with Gasteiger partial charge in [-0.05, 0) is 61.9 Å². The van der Waals surface area contributed by atoms with Gasteiger partial charge in [-0.3, -0.25) is 4.79 Å². The number of amides is 1. The number of hydrogen-bond donors (Lipinski definition) is 1. The number of esters is 1. The number of ether oxygens (including phenoxy) is 3. The number of hydrogen-bond acceptors (Lipinski definition) is 6. The first-order chi connectivity index (χ1) is 15.1. The van der Waals surface area contributed by atoms with E-state index in [2.05, 4.69) is 5.32 Å². The maximum Gasteiger partial charge on any atom is 0.341 e. The normalized spacial score (nSPS) is 13.8. The number of thiophene rings is 1. The van der Waals surface area contributed by atoms with Crippen LogP contribution in [-0.2, 0) is 22.4 Å². The number of nitrogens with one attached hydrogen (secondary N) is 1. The number of anilines is 1. The number of fused-ring (bicyclic) bond motifs is 1. The number of rotatable bonds is 7. The van der Waals surface area contributed by atoms with Gasteiger partial charge in [-0.2, -0.15) is 0 Å². The maximum atomic E-state index is 12.7. The number of carbonyl (C=O) groups is 2. The third-order valence-electron chi connectivity index (χ3n) is 5.22. The van der Waals surface area contributed by atoms with Gasteiger partial charge < -0.3 is 19.5 Å². The Kier molecular flexibility index (Phi) is 8.12. The Bertz CT molecular complexity index is 963. The Hall–Kier alpha value is -2.80. The zero-order valence-corrected chi connectivity index (χ0v) is 19.1. The highest BCUT2D eigenvalue weighted by molar-refractivity contribution is 7.17. The molecule has 0 unspecified atom stereocenters. The number of benzene rings is 1. The highest BCUT2D eigenvalue weighted by Gasteiger charge is 2.25. The van der Waals surface area contributed by atoms with Crippen molar-refractivity contribution >= 4 is 34.3 Å². The molecule has 166 valence electrons. The van der Waals surface area contributed by atoms with Crippen molar-refractivity contribution < 1.29 is 23.8 Å². The predicted octanol–water partition coefficient (Wildman–Crippen LogP) is 5.25. The molecule has 1 N–H and O–H groups in total. The number of aryl methyl sites for hydroxylation is 1. The van der Waals surface area contributed by atoms with Crippen LogP contribution in [0.2, 0.25) is 0 Å². The standard InChI is InChI=1S/C24H29NO5S/c1-4-30-24(27)22-17-9-7-5-6-8-10-20(17)31-23(22)25-21(26)14-12-16-11-13-18(28-2)19(15-16)29-3/h11-15H,4-10H2,1-3H3,(H,25,26). The Morgan fingerprint density at radius 2 is 1.81 bits per heavy atom. The van der Waals surface area contributed by atoms with Crippen molar-refractivity contribution in [2.45, 2.75) is 45.4 Å². The van der Waals surface area contributed by atoms with Crippen LogP contribution in [0, 0.1) is 0 Å². The summed E-state index contributed by atoms with van der Waals surface area (Å²) in [6.45, 7) is 2.09. The summed E-state index contributed by atoms with van der Waals surface area (Å²) < 4.78 is 15.8. The van der Waals surface area contributed by atoms with E-state index in [0.717, 1.165) is 43.2 Å². The maximum absolute atomic E-state index is 12.7. The molecule has 0 radical (unpaired) electrons. The van der Waals surface area contributed by atoms with Crippen LogP contribution in [0.1, 0.15) is 59.0 Å². The van der Waals surface area contributed by atoms with Crippen LogP contribution < -0.4 is 14.8 Å². The Labute approximate surface area is 187 Å². The fraction of sp³-hybridized carbons (Fsp3) is 0.417. The zero-order chi connectivity index (χ0) is 22.2. The summed E-state index contributed by atoms with van der Waals surface area (Å²) in [7, 11) is 3.14. The molecule has 31 heavy (non-hydrogen) atoms. The highest BCUT2D eigenvalue weighted by atomic mass is 32.1. The fourth-order valence-electron chi connectivity index (χ4n) is 3.71. The molecule has 0 atom stereocenters. The minimum absolute atomic E-state index is 0.297. The van der Waals surface area contributed by atoms with Gasteiger partial charge in [0.25, 0.3) is 0 Å². The topological polar surface area (TPSA) is 73.9 Å². The predicted molar refractivity (Wildman–Crippen MR) is 123 cm³/mol. The van der Waals surface area contributed by atoms with Gasteiger partial charge in [0.15, 0.2) is 11.5 Å². The summed E-state index contributed by atoms with van der Waals surface area (Å²) in [5, 5.41) is 3.48. The van der Waals surface area contributed by atoms with Crippen molar-refractivity contribution in [1.82, 2.24) is 0 Å². The highest BCUT2D eigenvalue weighted by Crippen LogP contribution is 2.37. The van der Waals surface area contributed by atoms with E-state index in [1.165, 1.54) is 28.7 Å². The van der Waals surface area contributed by atoms with E-state index < -0.39 is 0 Å². The van der Waals surface area contributed by atoms with Crippen molar-refractivity contribution in [3.05, 3.63) is 45.8 Å². The van der Waals surface area contributed by atoms with Crippen LogP contribution in [-0.4, -0.2) is 32.7 Å². The minimum atomic E-state index is -0.361. The van der Waals surface area contributed by atoms with Crippen molar-refractivity contribution in [1.29, 1.82) is 0 Å². The molecule has 1 aliphatic carbocycles. The molecular formula is C24H29NO5S. The molecule has 1 aliphatic rings. The van der Waals surface area contributed by atoms with Crippen LogP contribution in [0.5, 0.6) is 11.5 Å². The van der Waals surface area contributed by atoms with E-state index in [0.29, 0.717) is 28.7 Å². The molecule has 0 saturated heterocycles. The van der Waals surface area contributed by atoms with Crippen LogP contribution in [0.25, 0.3) is 6.08 Å². The molecule has 1 aromatic heterocycles. The van der Waals surface area contributed by atoms with E-state index in [1.54, 1.807) is 39.4 Å². The molecule has 1 amide bonds. The molecule has 2 aromatic rings. The van der Waals surface area contributed by atoms with Gasteiger partial charge in [-0.1, -0.05) is 18.9 Å². The smallest absolute Gasteiger partial charge is 0.341 e. The number of carbonyl (C=O) groups excluding carboxylic acids is 2. The first kappa shape index (κ1) is 22.9. The summed E-state index contributed by atoms with van der Waals surface area (Å²) in [6, 6.07) is 5.42. The van der Waals surface area contributed by atoms with E-state index in [1.807, 2.05) is 6.07 Å². The lowest BCUT2D eigenvalue weighted by atomic mass is 9.96. The Morgan fingerprint density at radius 3 is 2.52 bits per heavy atom. The van der Waals surface area contributed by atoms with Crippen molar-refractivity contribution in [2.75, 3.05) is 26.1 Å². The summed E-state index contributed by atoms with van der Waals surface area (Å²) in [5.74, 6) is 0.557. The second-order valence-electron chi connectivity index (χ2n) is 7.28. The van der Waals surface area contributed by atoms with E-state index in [9.17, 15) is 9.59 Å². The molecule has 0 bridgehead atoms. The van der Waals surface area contributed by atoms with Crippen LogP contribution >= 0.6 is 11.3 Å². The van der Waals surface area contributed by atoms with E-state index in [-0.39, 0.29) is 11.9 Å². The average molecular weight is 444 g/mol. The van der Waals surface area contributed by atoms with Crippen LogP contribution in [0.4, 0.5) is 5.00 Å². The van der Waals surface area contributed by atoms with Gasteiger partial charge in [-0.15, -0.1) is 11.3 Å².